The number of halogens is 3. The molecule has 1 aromatic carbocycles. The Balaban J connectivity index is 2.77. The molecule has 106 valence electrons. The largest absolute Gasteiger partial charge is 0.416 e. The van der Waals surface area contributed by atoms with Crippen LogP contribution in [0.1, 0.15) is 41.8 Å². The third kappa shape index (κ3) is 4.67. The van der Waals surface area contributed by atoms with Crippen LogP contribution in [0, 0.1) is 6.92 Å². The van der Waals surface area contributed by atoms with Crippen LogP contribution in [0.2, 0.25) is 0 Å². The van der Waals surface area contributed by atoms with Crippen LogP contribution >= 0.6 is 0 Å². The molecule has 1 rings (SSSR count). The van der Waals surface area contributed by atoms with Gasteiger partial charge in [0.15, 0.2) is 5.78 Å². The van der Waals surface area contributed by atoms with Gasteiger partial charge in [0.2, 0.25) is 0 Å². The zero-order valence-corrected chi connectivity index (χ0v) is 11.3. The van der Waals surface area contributed by atoms with Crippen molar-refractivity contribution >= 4 is 5.78 Å². The Bertz CT molecular complexity index is 452. The topological polar surface area (TPSA) is 29.1 Å². The van der Waals surface area contributed by atoms with E-state index in [9.17, 15) is 18.0 Å². The number of benzene rings is 1. The van der Waals surface area contributed by atoms with Crippen molar-refractivity contribution in [2.45, 2.75) is 39.4 Å². The molecule has 0 fully saturated rings. The molecule has 19 heavy (non-hydrogen) atoms. The van der Waals surface area contributed by atoms with Crippen LogP contribution in [-0.4, -0.2) is 18.4 Å². The highest BCUT2D eigenvalue weighted by Crippen LogP contribution is 2.30. The van der Waals surface area contributed by atoms with E-state index in [1.165, 1.54) is 13.0 Å². The molecule has 0 radical (unpaired) electrons. The van der Waals surface area contributed by atoms with Crippen molar-refractivity contribution in [3.63, 3.8) is 0 Å². The first kappa shape index (κ1) is 15.7. The van der Waals surface area contributed by atoms with Gasteiger partial charge in [-0.05, 0) is 24.6 Å². The first-order valence-corrected chi connectivity index (χ1v) is 6.16. The average Bonchev–Trinajstić information content (AvgIpc) is 2.26. The summed E-state index contributed by atoms with van der Waals surface area (Å²) in [7, 11) is 0. The zero-order valence-electron chi connectivity index (χ0n) is 11.3. The van der Waals surface area contributed by atoms with Gasteiger partial charge >= 0.3 is 6.18 Å². The van der Waals surface area contributed by atoms with E-state index in [4.69, 9.17) is 0 Å². The van der Waals surface area contributed by atoms with E-state index in [0.29, 0.717) is 17.7 Å². The molecule has 0 aliphatic heterocycles. The Morgan fingerprint density at radius 1 is 1.32 bits per heavy atom. The minimum Gasteiger partial charge on any atom is -0.314 e. The molecule has 0 heterocycles. The quantitative estimate of drug-likeness (QED) is 0.831. The molecule has 0 amide bonds. The maximum absolute atomic E-state index is 12.5. The first-order valence-electron chi connectivity index (χ1n) is 6.16. The summed E-state index contributed by atoms with van der Waals surface area (Å²) in [6, 6.07) is 3.51. The van der Waals surface area contributed by atoms with Crippen molar-refractivity contribution in [1.82, 2.24) is 5.32 Å². The molecule has 0 saturated carbocycles. The summed E-state index contributed by atoms with van der Waals surface area (Å²) < 4.78 is 37.5. The van der Waals surface area contributed by atoms with Crippen LogP contribution in [0.3, 0.4) is 0 Å². The normalized spacial score (nSPS) is 11.9. The number of rotatable bonds is 5. The van der Waals surface area contributed by atoms with E-state index in [0.717, 1.165) is 12.1 Å². The third-order valence-corrected chi connectivity index (χ3v) is 2.76. The zero-order chi connectivity index (χ0) is 14.6. The van der Waals surface area contributed by atoms with Crippen LogP contribution in [-0.2, 0) is 6.18 Å². The van der Waals surface area contributed by atoms with Gasteiger partial charge in [-0.2, -0.15) is 13.2 Å². The fourth-order valence-corrected chi connectivity index (χ4v) is 1.76. The smallest absolute Gasteiger partial charge is 0.314 e. The Morgan fingerprint density at radius 3 is 2.42 bits per heavy atom. The molecule has 5 heteroatoms. The van der Waals surface area contributed by atoms with Gasteiger partial charge < -0.3 is 5.32 Å². The average molecular weight is 273 g/mol. The van der Waals surface area contributed by atoms with Crippen LogP contribution in [0.15, 0.2) is 18.2 Å². The molecule has 2 nitrogen and oxygen atoms in total. The number of ketones is 1. The van der Waals surface area contributed by atoms with Gasteiger partial charge in [0.25, 0.3) is 0 Å². The second-order valence-corrected chi connectivity index (χ2v) is 4.81. The SMILES string of the molecule is Cc1cc(C(F)(F)F)ccc1C(=O)CCNC(C)C. The van der Waals surface area contributed by atoms with E-state index >= 15 is 0 Å². The summed E-state index contributed by atoms with van der Waals surface area (Å²) in [5.41, 5.74) is 0.00443. The van der Waals surface area contributed by atoms with Crippen molar-refractivity contribution in [2.24, 2.45) is 0 Å². The number of hydrogen-bond donors (Lipinski definition) is 1. The lowest BCUT2D eigenvalue weighted by Gasteiger charge is -2.11. The van der Waals surface area contributed by atoms with E-state index in [2.05, 4.69) is 5.32 Å². The minimum absolute atomic E-state index is 0.139. The minimum atomic E-state index is -4.37. The Hall–Kier alpha value is -1.36. The van der Waals surface area contributed by atoms with Crippen molar-refractivity contribution < 1.29 is 18.0 Å². The number of Topliss-reactive ketones (excluding diaryl/α,β-unsaturated/α-hetero) is 1. The van der Waals surface area contributed by atoms with Gasteiger partial charge in [0, 0.05) is 24.6 Å². The van der Waals surface area contributed by atoms with Crippen LogP contribution in [0.4, 0.5) is 13.2 Å². The summed E-state index contributed by atoms with van der Waals surface area (Å²) in [5, 5.41) is 3.10. The number of nitrogens with one attached hydrogen (secondary N) is 1. The molecule has 0 saturated heterocycles. The second-order valence-electron chi connectivity index (χ2n) is 4.81. The lowest BCUT2D eigenvalue weighted by Crippen LogP contribution is -2.25. The van der Waals surface area contributed by atoms with E-state index in [1.807, 2.05) is 13.8 Å². The summed E-state index contributed by atoms with van der Waals surface area (Å²) in [6.45, 7) is 5.98. The number of aryl methyl sites for hydroxylation is 1. The van der Waals surface area contributed by atoms with E-state index in [-0.39, 0.29) is 18.2 Å². The van der Waals surface area contributed by atoms with Crippen LogP contribution in [0.5, 0.6) is 0 Å². The third-order valence-electron chi connectivity index (χ3n) is 2.76. The van der Waals surface area contributed by atoms with Crippen LogP contribution < -0.4 is 5.32 Å². The Labute approximate surface area is 111 Å². The molecule has 0 aliphatic carbocycles. The van der Waals surface area contributed by atoms with Gasteiger partial charge in [0.1, 0.15) is 0 Å². The maximum Gasteiger partial charge on any atom is 0.416 e. The molecular weight excluding hydrogens is 255 g/mol. The van der Waals surface area contributed by atoms with Gasteiger partial charge in [-0.25, -0.2) is 0 Å². The molecule has 0 atom stereocenters. The highest BCUT2D eigenvalue weighted by molar-refractivity contribution is 5.97. The number of hydrogen-bond acceptors (Lipinski definition) is 2. The van der Waals surface area contributed by atoms with Crippen LogP contribution in [0.25, 0.3) is 0 Å². The van der Waals surface area contributed by atoms with Gasteiger partial charge in [-0.15, -0.1) is 0 Å². The highest BCUT2D eigenvalue weighted by Gasteiger charge is 2.30. The molecular formula is C14H18F3NO. The summed E-state index contributed by atoms with van der Waals surface area (Å²) in [5.74, 6) is -0.139. The van der Waals surface area contributed by atoms with Crippen molar-refractivity contribution in [3.8, 4) is 0 Å². The molecule has 1 aromatic rings. The van der Waals surface area contributed by atoms with Crippen molar-refractivity contribution in [2.75, 3.05) is 6.54 Å². The number of carbonyl (C=O) groups is 1. The Morgan fingerprint density at radius 2 is 1.95 bits per heavy atom. The molecule has 0 aromatic heterocycles. The molecule has 0 unspecified atom stereocenters. The van der Waals surface area contributed by atoms with Gasteiger partial charge in [-0.1, -0.05) is 19.9 Å². The first-order chi connectivity index (χ1) is 8.71. The predicted molar refractivity (Wildman–Crippen MR) is 68.3 cm³/mol. The van der Waals surface area contributed by atoms with Gasteiger partial charge in [-0.3, -0.25) is 4.79 Å². The van der Waals surface area contributed by atoms with Crippen molar-refractivity contribution in [3.05, 3.63) is 34.9 Å². The summed E-state index contributed by atoms with van der Waals surface area (Å²) in [6.07, 6.45) is -4.09. The highest BCUT2D eigenvalue weighted by atomic mass is 19.4. The maximum atomic E-state index is 12.5. The second kappa shape index (κ2) is 6.19. The van der Waals surface area contributed by atoms with Crippen molar-refractivity contribution in [1.29, 1.82) is 0 Å². The van der Waals surface area contributed by atoms with E-state index < -0.39 is 11.7 Å². The summed E-state index contributed by atoms with van der Waals surface area (Å²) in [4.78, 5) is 11.9. The molecule has 0 aliphatic rings. The molecule has 0 spiro atoms. The molecule has 0 bridgehead atoms. The lowest BCUT2D eigenvalue weighted by molar-refractivity contribution is -0.137. The molecule has 1 N–H and O–H groups in total. The standard InChI is InChI=1S/C14H18F3NO/c1-9(2)18-7-6-13(19)12-5-4-11(8-10(12)3)14(15,16)17/h4-5,8-9,18H,6-7H2,1-3H3. The number of alkyl halides is 3. The van der Waals surface area contributed by atoms with Gasteiger partial charge in [0.05, 0.1) is 5.56 Å². The lowest BCUT2D eigenvalue weighted by atomic mass is 10.00. The van der Waals surface area contributed by atoms with E-state index in [1.54, 1.807) is 0 Å². The fraction of sp³-hybridized carbons (Fsp3) is 0.500. The Kier molecular flexibility index (Phi) is 5.11. The fourth-order valence-electron chi connectivity index (χ4n) is 1.76. The number of carbonyl (C=O) groups excluding carboxylic acids is 1. The monoisotopic (exact) mass is 273 g/mol. The summed E-state index contributed by atoms with van der Waals surface area (Å²) >= 11 is 0. The predicted octanol–water partition coefficient (Wildman–Crippen LogP) is 3.58.